The molecule has 0 aliphatic rings. The number of hydrogen-bond donors (Lipinski definition) is 2. The lowest BCUT2D eigenvalue weighted by Gasteiger charge is -2.23. The van der Waals surface area contributed by atoms with Crippen LogP contribution in [0.1, 0.15) is 30.5 Å². The lowest BCUT2D eigenvalue weighted by Crippen LogP contribution is -2.29. The van der Waals surface area contributed by atoms with Gasteiger partial charge >= 0.3 is 0 Å². The number of rotatable bonds is 5. The van der Waals surface area contributed by atoms with Gasteiger partial charge in [0, 0.05) is 29.1 Å². The van der Waals surface area contributed by atoms with Gasteiger partial charge in [-0.2, -0.15) is 0 Å². The molecule has 3 aromatic rings. The van der Waals surface area contributed by atoms with E-state index in [1.165, 1.54) is 0 Å². The van der Waals surface area contributed by atoms with Crippen LogP contribution in [0.15, 0.2) is 48.7 Å². The highest BCUT2D eigenvalue weighted by molar-refractivity contribution is 6.35. The third-order valence-electron chi connectivity index (χ3n) is 4.23. The molecule has 0 saturated heterocycles. The Morgan fingerprint density at radius 2 is 2.04 bits per heavy atom. The number of hydrogen-bond acceptors (Lipinski definition) is 4. The molecule has 0 aliphatic heterocycles. The first-order valence-electron chi connectivity index (χ1n) is 8.25. The third-order valence-corrected chi connectivity index (χ3v) is 4.55. The van der Waals surface area contributed by atoms with Crippen molar-refractivity contribution >= 4 is 28.4 Å². The summed E-state index contributed by atoms with van der Waals surface area (Å²) in [6.45, 7) is 1.77. The van der Waals surface area contributed by atoms with E-state index >= 15 is 0 Å². The molecule has 5 nitrogen and oxygen atoms in total. The summed E-state index contributed by atoms with van der Waals surface area (Å²) in [6.07, 6.45) is 1.90. The molecule has 26 heavy (non-hydrogen) atoms. The molecule has 134 valence electrons. The first kappa shape index (κ1) is 18.0. The summed E-state index contributed by atoms with van der Waals surface area (Å²) in [5.74, 6) is 0.431. The summed E-state index contributed by atoms with van der Waals surface area (Å²) in [6, 6.07) is 11.9. The molecule has 1 amide bonds. The normalized spacial score (nSPS) is 12.0. The Morgan fingerprint density at radius 1 is 1.27 bits per heavy atom. The fraction of sp³-hybridized carbons (Fsp3) is 0.200. The van der Waals surface area contributed by atoms with E-state index in [2.05, 4.69) is 10.3 Å². The van der Waals surface area contributed by atoms with E-state index in [1.54, 1.807) is 44.5 Å². The summed E-state index contributed by atoms with van der Waals surface area (Å²) in [5, 5.41) is 14.9. The van der Waals surface area contributed by atoms with E-state index in [9.17, 15) is 9.90 Å². The quantitative estimate of drug-likeness (QED) is 0.705. The van der Waals surface area contributed by atoms with Crippen LogP contribution in [0.25, 0.3) is 10.9 Å². The Hall–Kier alpha value is -2.79. The maximum Gasteiger partial charge on any atom is 0.220 e. The second-order valence-corrected chi connectivity index (χ2v) is 6.20. The third kappa shape index (κ3) is 3.30. The molecule has 0 unspecified atom stereocenters. The molecule has 0 spiro atoms. The first-order chi connectivity index (χ1) is 12.6. The number of phenols is 1. The zero-order chi connectivity index (χ0) is 18.7. The SMILES string of the molecule is CCC(=O)N[C@H](c1ccccc1OC)c1cc(Cl)c2cccnc2c1O. The molecule has 0 fully saturated rings. The fourth-order valence-corrected chi connectivity index (χ4v) is 3.19. The van der Waals surface area contributed by atoms with Gasteiger partial charge in [-0.1, -0.05) is 36.7 Å². The van der Waals surface area contributed by atoms with Crippen LogP contribution < -0.4 is 10.1 Å². The van der Waals surface area contributed by atoms with E-state index in [-0.39, 0.29) is 11.7 Å². The van der Waals surface area contributed by atoms with Crippen molar-refractivity contribution in [1.82, 2.24) is 10.3 Å². The molecule has 6 heteroatoms. The van der Waals surface area contributed by atoms with Crippen LogP contribution in [0, 0.1) is 0 Å². The van der Waals surface area contributed by atoms with Gasteiger partial charge in [-0.15, -0.1) is 0 Å². The van der Waals surface area contributed by atoms with Crippen molar-refractivity contribution in [1.29, 1.82) is 0 Å². The van der Waals surface area contributed by atoms with Crippen molar-refractivity contribution in [3.63, 3.8) is 0 Å². The van der Waals surface area contributed by atoms with Crippen molar-refractivity contribution in [3.05, 3.63) is 64.8 Å². The second-order valence-electron chi connectivity index (χ2n) is 5.79. The molecule has 2 N–H and O–H groups in total. The van der Waals surface area contributed by atoms with E-state index < -0.39 is 6.04 Å². The Bertz CT molecular complexity index is 959. The molecular weight excluding hydrogens is 352 g/mol. The highest BCUT2D eigenvalue weighted by Crippen LogP contribution is 2.40. The van der Waals surface area contributed by atoms with Crippen LogP contribution in [0.5, 0.6) is 11.5 Å². The molecule has 0 bridgehead atoms. The van der Waals surface area contributed by atoms with E-state index in [0.717, 1.165) is 5.56 Å². The number of phenolic OH excluding ortho intramolecular Hbond substituents is 1. The number of nitrogens with zero attached hydrogens (tertiary/aromatic N) is 1. The summed E-state index contributed by atoms with van der Waals surface area (Å²) < 4.78 is 5.44. The smallest absolute Gasteiger partial charge is 0.220 e. The number of para-hydroxylation sites is 1. The lowest BCUT2D eigenvalue weighted by molar-refractivity contribution is -0.121. The Morgan fingerprint density at radius 3 is 2.77 bits per heavy atom. The number of aromatic nitrogens is 1. The largest absolute Gasteiger partial charge is 0.505 e. The Labute approximate surface area is 156 Å². The van der Waals surface area contributed by atoms with Gasteiger partial charge in [0.2, 0.25) is 5.91 Å². The van der Waals surface area contributed by atoms with Crippen molar-refractivity contribution in [3.8, 4) is 11.5 Å². The van der Waals surface area contributed by atoms with Crippen molar-refractivity contribution in [2.75, 3.05) is 7.11 Å². The number of nitrogens with one attached hydrogen (secondary N) is 1. The topological polar surface area (TPSA) is 71.5 Å². The number of amides is 1. The second kappa shape index (κ2) is 7.62. The number of benzene rings is 2. The average Bonchev–Trinajstić information content (AvgIpc) is 2.69. The highest BCUT2D eigenvalue weighted by atomic mass is 35.5. The molecule has 0 radical (unpaired) electrons. The fourth-order valence-electron chi connectivity index (χ4n) is 2.92. The molecular formula is C20H19ClN2O3. The Kier molecular flexibility index (Phi) is 5.28. The minimum absolute atomic E-state index is 0.0164. The molecule has 1 heterocycles. The minimum atomic E-state index is -0.623. The van der Waals surface area contributed by atoms with Crippen LogP contribution in [-0.4, -0.2) is 23.1 Å². The number of pyridine rings is 1. The van der Waals surface area contributed by atoms with Crippen LogP contribution in [0.4, 0.5) is 0 Å². The van der Waals surface area contributed by atoms with Crippen LogP contribution in [0.2, 0.25) is 5.02 Å². The molecule has 0 aliphatic carbocycles. The molecule has 0 saturated carbocycles. The Balaban J connectivity index is 2.24. The van der Waals surface area contributed by atoms with Crippen LogP contribution in [0.3, 0.4) is 0 Å². The van der Waals surface area contributed by atoms with Crippen LogP contribution >= 0.6 is 11.6 Å². The van der Waals surface area contributed by atoms with Crippen molar-refractivity contribution < 1.29 is 14.6 Å². The van der Waals surface area contributed by atoms with Crippen molar-refractivity contribution in [2.45, 2.75) is 19.4 Å². The van der Waals surface area contributed by atoms with Gasteiger partial charge in [-0.3, -0.25) is 9.78 Å². The van der Waals surface area contributed by atoms with E-state index in [1.807, 2.05) is 18.2 Å². The molecule has 1 aromatic heterocycles. The molecule has 1 atom stereocenters. The monoisotopic (exact) mass is 370 g/mol. The molecule has 2 aromatic carbocycles. The number of ether oxygens (including phenoxy) is 1. The molecule has 3 rings (SSSR count). The number of methoxy groups -OCH3 is 1. The van der Waals surface area contributed by atoms with Gasteiger partial charge < -0.3 is 15.2 Å². The maximum absolute atomic E-state index is 12.1. The highest BCUT2D eigenvalue weighted by Gasteiger charge is 2.25. The summed E-state index contributed by atoms with van der Waals surface area (Å²) in [5.41, 5.74) is 1.58. The lowest BCUT2D eigenvalue weighted by atomic mass is 9.95. The predicted octanol–water partition coefficient (Wildman–Crippen LogP) is 4.22. The number of fused-ring (bicyclic) bond motifs is 1. The summed E-state index contributed by atoms with van der Waals surface area (Å²) in [7, 11) is 1.56. The number of aromatic hydroxyl groups is 1. The first-order valence-corrected chi connectivity index (χ1v) is 8.63. The van der Waals surface area contributed by atoms with Gasteiger partial charge in [0.15, 0.2) is 0 Å². The number of halogens is 1. The van der Waals surface area contributed by atoms with E-state index in [0.29, 0.717) is 33.7 Å². The number of carbonyl (C=O) groups excluding carboxylic acids is 1. The van der Waals surface area contributed by atoms with E-state index in [4.69, 9.17) is 16.3 Å². The summed E-state index contributed by atoms with van der Waals surface area (Å²) >= 11 is 6.41. The maximum atomic E-state index is 12.1. The standard InChI is InChI=1S/C20H19ClN2O3/c1-3-17(24)23-18(13-7-4-5-9-16(13)26-2)14-11-15(21)12-8-6-10-22-19(12)20(14)25/h4-11,18,25H,3H2,1-2H3,(H,23,24)/t18-/m1/s1. The van der Waals surface area contributed by atoms with Gasteiger partial charge in [0.25, 0.3) is 0 Å². The number of carbonyl (C=O) groups is 1. The van der Waals surface area contributed by atoms with Gasteiger partial charge in [0.05, 0.1) is 18.2 Å². The predicted molar refractivity (Wildman–Crippen MR) is 102 cm³/mol. The van der Waals surface area contributed by atoms with Gasteiger partial charge in [0.1, 0.15) is 17.0 Å². The summed E-state index contributed by atoms with van der Waals surface area (Å²) in [4.78, 5) is 16.4. The van der Waals surface area contributed by atoms with Gasteiger partial charge in [-0.25, -0.2) is 0 Å². The van der Waals surface area contributed by atoms with Crippen LogP contribution in [-0.2, 0) is 4.79 Å². The van der Waals surface area contributed by atoms with Gasteiger partial charge in [-0.05, 0) is 24.3 Å². The zero-order valence-electron chi connectivity index (χ0n) is 14.5. The zero-order valence-corrected chi connectivity index (χ0v) is 15.2. The minimum Gasteiger partial charge on any atom is -0.505 e. The average molecular weight is 371 g/mol. The van der Waals surface area contributed by atoms with Crippen molar-refractivity contribution in [2.24, 2.45) is 0 Å².